The average Bonchev–Trinajstić information content (AvgIpc) is 3.10. The van der Waals surface area contributed by atoms with Gasteiger partial charge >= 0.3 is 0 Å². The molecule has 0 radical (unpaired) electrons. The van der Waals surface area contributed by atoms with E-state index in [1.165, 1.54) is 0 Å². The molecule has 1 amide bonds. The van der Waals surface area contributed by atoms with Gasteiger partial charge in [0.25, 0.3) is 5.91 Å². The van der Waals surface area contributed by atoms with E-state index in [0.717, 1.165) is 66.2 Å². The number of para-hydroxylation sites is 1. The first-order valence-electron chi connectivity index (χ1n) is 10.3. The number of hydrogen-bond acceptors (Lipinski definition) is 5. The van der Waals surface area contributed by atoms with Crippen LogP contribution in [0.15, 0.2) is 40.9 Å². The van der Waals surface area contributed by atoms with Crippen LogP contribution in [0.1, 0.15) is 34.2 Å². The third-order valence-electron chi connectivity index (χ3n) is 5.77. The van der Waals surface area contributed by atoms with Crippen molar-refractivity contribution < 1.29 is 9.21 Å². The molecule has 1 aliphatic heterocycles. The topological polar surface area (TPSA) is 61.6 Å². The zero-order chi connectivity index (χ0) is 20.4. The van der Waals surface area contributed by atoms with Crippen LogP contribution in [0.5, 0.6) is 0 Å². The lowest BCUT2D eigenvalue weighted by atomic mass is 10.1. The third-order valence-corrected chi connectivity index (χ3v) is 5.77. The van der Waals surface area contributed by atoms with E-state index >= 15 is 0 Å². The van der Waals surface area contributed by atoms with Crippen molar-refractivity contribution in [2.75, 3.05) is 37.6 Å². The third kappa shape index (κ3) is 3.98. The zero-order valence-electron chi connectivity index (χ0n) is 17.4. The van der Waals surface area contributed by atoms with E-state index in [0.29, 0.717) is 12.3 Å². The molecule has 4 rings (SSSR count). The van der Waals surface area contributed by atoms with Gasteiger partial charge in [-0.2, -0.15) is 0 Å². The number of carbonyl (C=O) groups excluding carboxylic acids is 1. The molecule has 0 bridgehead atoms. The molecular weight excluding hydrogens is 364 g/mol. The Bertz CT molecular complexity index is 1000. The summed E-state index contributed by atoms with van der Waals surface area (Å²) >= 11 is 0. The number of carbonyl (C=O) groups is 1. The quantitative estimate of drug-likeness (QED) is 0.720. The van der Waals surface area contributed by atoms with E-state index in [-0.39, 0.29) is 5.91 Å². The first-order chi connectivity index (χ1) is 14.1. The molecule has 1 N–H and O–H groups in total. The summed E-state index contributed by atoms with van der Waals surface area (Å²) in [5.74, 6) is 1.19. The Hall–Kier alpha value is -2.86. The van der Waals surface area contributed by atoms with Crippen LogP contribution in [0.3, 0.4) is 0 Å². The van der Waals surface area contributed by atoms with Crippen LogP contribution in [-0.2, 0) is 6.54 Å². The summed E-state index contributed by atoms with van der Waals surface area (Å²) in [5.41, 5.74) is 3.66. The molecule has 0 saturated carbocycles. The average molecular weight is 393 g/mol. The number of aromatic nitrogens is 1. The van der Waals surface area contributed by atoms with Crippen molar-refractivity contribution in [2.24, 2.45) is 0 Å². The SMILES string of the molecule is CCN1CCN(c2ccc(CNC(=O)c3oc4c(C)cccc4c3C)cn2)CC1. The molecule has 1 aliphatic rings. The number of fused-ring (bicyclic) bond motifs is 1. The van der Waals surface area contributed by atoms with Gasteiger partial charge in [0.05, 0.1) is 0 Å². The number of aryl methyl sites for hydroxylation is 2. The zero-order valence-corrected chi connectivity index (χ0v) is 17.4. The highest BCUT2D eigenvalue weighted by molar-refractivity contribution is 5.99. The molecular formula is C23H28N4O2. The Kier molecular flexibility index (Phi) is 5.53. The highest BCUT2D eigenvalue weighted by Gasteiger charge is 2.19. The summed E-state index contributed by atoms with van der Waals surface area (Å²) < 4.78 is 5.86. The van der Waals surface area contributed by atoms with Gasteiger partial charge in [0.1, 0.15) is 11.4 Å². The summed E-state index contributed by atoms with van der Waals surface area (Å²) in [6, 6.07) is 10.0. The second-order valence-corrected chi connectivity index (χ2v) is 7.64. The lowest BCUT2D eigenvalue weighted by Crippen LogP contribution is -2.46. The first-order valence-corrected chi connectivity index (χ1v) is 10.3. The minimum absolute atomic E-state index is 0.196. The largest absolute Gasteiger partial charge is 0.450 e. The minimum Gasteiger partial charge on any atom is -0.450 e. The molecule has 2 aromatic heterocycles. The van der Waals surface area contributed by atoms with E-state index in [9.17, 15) is 4.79 Å². The summed E-state index contributed by atoms with van der Waals surface area (Å²) in [6.07, 6.45) is 1.84. The van der Waals surface area contributed by atoms with Crippen molar-refractivity contribution in [3.8, 4) is 0 Å². The summed E-state index contributed by atoms with van der Waals surface area (Å²) in [4.78, 5) is 22.0. The predicted octanol–water partition coefficient (Wildman–Crippen LogP) is 3.52. The predicted molar refractivity (Wildman–Crippen MR) is 115 cm³/mol. The fraction of sp³-hybridized carbons (Fsp3) is 0.391. The number of anilines is 1. The maximum absolute atomic E-state index is 12.7. The van der Waals surface area contributed by atoms with Crippen LogP contribution in [-0.4, -0.2) is 48.5 Å². The Morgan fingerprint density at radius 2 is 1.93 bits per heavy atom. The smallest absolute Gasteiger partial charge is 0.287 e. The van der Waals surface area contributed by atoms with Crippen molar-refractivity contribution in [2.45, 2.75) is 27.3 Å². The van der Waals surface area contributed by atoms with Crippen molar-refractivity contribution in [1.82, 2.24) is 15.2 Å². The van der Waals surface area contributed by atoms with Gasteiger partial charge in [-0.1, -0.05) is 31.2 Å². The first kappa shape index (κ1) is 19.5. The van der Waals surface area contributed by atoms with E-state index in [2.05, 4.69) is 27.0 Å². The van der Waals surface area contributed by atoms with E-state index in [1.807, 2.05) is 50.4 Å². The molecule has 6 nitrogen and oxygen atoms in total. The number of rotatable bonds is 5. The van der Waals surface area contributed by atoms with Crippen molar-refractivity contribution in [3.05, 3.63) is 59.0 Å². The number of nitrogens with one attached hydrogen (secondary N) is 1. The van der Waals surface area contributed by atoms with Crippen LogP contribution < -0.4 is 10.2 Å². The molecule has 1 fully saturated rings. The lowest BCUT2D eigenvalue weighted by molar-refractivity contribution is 0.0924. The van der Waals surface area contributed by atoms with Crippen molar-refractivity contribution >= 4 is 22.7 Å². The maximum Gasteiger partial charge on any atom is 0.287 e. The number of hydrogen-bond donors (Lipinski definition) is 1. The lowest BCUT2D eigenvalue weighted by Gasteiger charge is -2.34. The van der Waals surface area contributed by atoms with Crippen LogP contribution in [0, 0.1) is 13.8 Å². The Labute approximate surface area is 171 Å². The number of piperazine rings is 1. The molecule has 29 heavy (non-hydrogen) atoms. The van der Waals surface area contributed by atoms with E-state index < -0.39 is 0 Å². The van der Waals surface area contributed by atoms with Gasteiger partial charge < -0.3 is 19.5 Å². The van der Waals surface area contributed by atoms with Gasteiger partial charge in [-0.3, -0.25) is 4.79 Å². The van der Waals surface area contributed by atoms with Gasteiger partial charge in [0.2, 0.25) is 0 Å². The normalized spacial score (nSPS) is 15.1. The van der Waals surface area contributed by atoms with Crippen LogP contribution in [0.2, 0.25) is 0 Å². The number of nitrogens with zero attached hydrogens (tertiary/aromatic N) is 3. The Morgan fingerprint density at radius 1 is 1.14 bits per heavy atom. The second kappa shape index (κ2) is 8.25. The molecule has 0 spiro atoms. The Balaban J connectivity index is 1.39. The number of furan rings is 1. The van der Waals surface area contributed by atoms with Gasteiger partial charge in [-0.05, 0) is 37.6 Å². The van der Waals surface area contributed by atoms with Crippen molar-refractivity contribution in [1.29, 1.82) is 0 Å². The molecule has 0 atom stereocenters. The highest BCUT2D eigenvalue weighted by atomic mass is 16.3. The number of pyridine rings is 1. The fourth-order valence-electron chi connectivity index (χ4n) is 3.86. The van der Waals surface area contributed by atoms with Gasteiger partial charge in [-0.25, -0.2) is 4.98 Å². The maximum atomic E-state index is 12.7. The van der Waals surface area contributed by atoms with Gasteiger partial charge in [0.15, 0.2) is 5.76 Å². The van der Waals surface area contributed by atoms with Crippen molar-refractivity contribution in [3.63, 3.8) is 0 Å². The fourth-order valence-corrected chi connectivity index (χ4v) is 3.86. The highest BCUT2D eigenvalue weighted by Crippen LogP contribution is 2.27. The molecule has 0 unspecified atom stereocenters. The van der Waals surface area contributed by atoms with E-state index in [1.54, 1.807) is 0 Å². The molecule has 1 saturated heterocycles. The van der Waals surface area contributed by atoms with Gasteiger partial charge in [0, 0.05) is 49.9 Å². The summed E-state index contributed by atoms with van der Waals surface area (Å²) in [6.45, 7) is 11.8. The molecule has 3 aromatic rings. The minimum atomic E-state index is -0.196. The number of amides is 1. The monoisotopic (exact) mass is 392 g/mol. The standard InChI is InChI=1S/C23H28N4O2/c1-4-26-10-12-27(13-11-26)20-9-8-18(14-24-20)15-25-23(28)22-17(3)19-7-5-6-16(2)21(19)29-22/h5-9,14H,4,10-13,15H2,1-3H3,(H,25,28). The van der Waals surface area contributed by atoms with E-state index in [4.69, 9.17) is 4.42 Å². The van der Waals surface area contributed by atoms with Crippen LogP contribution >= 0.6 is 0 Å². The molecule has 6 heteroatoms. The summed E-state index contributed by atoms with van der Waals surface area (Å²) in [7, 11) is 0. The molecule has 3 heterocycles. The summed E-state index contributed by atoms with van der Waals surface area (Å²) in [5, 5.41) is 3.95. The van der Waals surface area contributed by atoms with Crippen LogP contribution in [0.4, 0.5) is 5.82 Å². The van der Waals surface area contributed by atoms with Crippen LogP contribution in [0.25, 0.3) is 11.0 Å². The Morgan fingerprint density at radius 3 is 2.59 bits per heavy atom. The number of benzene rings is 1. The molecule has 0 aliphatic carbocycles. The number of likely N-dealkylation sites (N-methyl/N-ethyl adjacent to an activating group) is 1. The molecule has 1 aromatic carbocycles. The van der Waals surface area contributed by atoms with Gasteiger partial charge in [-0.15, -0.1) is 0 Å². The second-order valence-electron chi connectivity index (χ2n) is 7.64. The molecule has 152 valence electrons.